The second-order valence-corrected chi connectivity index (χ2v) is 6.84. The summed E-state index contributed by atoms with van der Waals surface area (Å²) in [6, 6.07) is 15.5. The maximum absolute atomic E-state index is 5.58. The highest BCUT2D eigenvalue weighted by Gasteiger charge is 2.25. The van der Waals surface area contributed by atoms with Crippen LogP contribution in [0.2, 0.25) is 0 Å². The van der Waals surface area contributed by atoms with Crippen molar-refractivity contribution in [1.29, 1.82) is 0 Å². The van der Waals surface area contributed by atoms with Gasteiger partial charge < -0.3 is 15.4 Å². The van der Waals surface area contributed by atoms with Gasteiger partial charge in [-0.3, -0.25) is 0 Å². The normalized spacial score (nSPS) is 20.4. The molecule has 3 aromatic rings. The fourth-order valence-electron chi connectivity index (χ4n) is 3.79. The van der Waals surface area contributed by atoms with Gasteiger partial charge in [0, 0.05) is 37.3 Å². The van der Waals surface area contributed by atoms with E-state index in [1.165, 1.54) is 12.0 Å². The highest BCUT2D eigenvalue weighted by Crippen LogP contribution is 2.27. The molecule has 6 heteroatoms. The van der Waals surface area contributed by atoms with Crippen LogP contribution in [0.25, 0.3) is 11.0 Å². The van der Waals surface area contributed by atoms with Crippen molar-refractivity contribution < 1.29 is 4.74 Å². The lowest BCUT2D eigenvalue weighted by molar-refractivity contribution is 0.303. The molecule has 2 heterocycles. The van der Waals surface area contributed by atoms with E-state index in [1.54, 1.807) is 11.8 Å². The van der Waals surface area contributed by atoms with E-state index in [0.717, 1.165) is 41.9 Å². The number of hydrogen-bond acceptors (Lipinski definition) is 5. The van der Waals surface area contributed by atoms with Crippen LogP contribution in [0.5, 0.6) is 5.75 Å². The van der Waals surface area contributed by atoms with Gasteiger partial charge in [-0.2, -0.15) is 0 Å². The van der Waals surface area contributed by atoms with Gasteiger partial charge in [-0.25, -0.2) is 4.68 Å². The zero-order valence-electron chi connectivity index (χ0n) is 15.3. The molecule has 26 heavy (non-hydrogen) atoms. The van der Waals surface area contributed by atoms with Crippen LogP contribution in [0.3, 0.4) is 0 Å². The highest BCUT2D eigenvalue weighted by atomic mass is 16.5. The molecule has 1 aliphatic heterocycles. The zero-order chi connectivity index (χ0) is 17.9. The lowest BCUT2D eigenvalue weighted by Crippen LogP contribution is -2.45. The Morgan fingerprint density at radius 1 is 1.27 bits per heavy atom. The van der Waals surface area contributed by atoms with Crippen LogP contribution >= 0.6 is 0 Å². The van der Waals surface area contributed by atoms with E-state index < -0.39 is 0 Å². The molecule has 0 saturated carbocycles. The average Bonchev–Trinajstić information content (AvgIpc) is 3.06. The zero-order valence-corrected chi connectivity index (χ0v) is 15.3. The van der Waals surface area contributed by atoms with E-state index in [-0.39, 0.29) is 0 Å². The van der Waals surface area contributed by atoms with Gasteiger partial charge in [-0.05, 0) is 31.0 Å². The number of nitrogens with one attached hydrogen (secondary N) is 2. The number of fused-ring (bicyclic) bond motifs is 1. The number of rotatable bonds is 5. The third-order valence-electron chi connectivity index (χ3n) is 5.18. The van der Waals surface area contributed by atoms with Crippen molar-refractivity contribution in [2.24, 2.45) is 7.05 Å². The number of ether oxygens (including phenoxy) is 1. The number of methoxy groups -OCH3 is 1. The number of hydrogen-bond donors (Lipinski definition) is 2. The summed E-state index contributed by atoms with van der Waals surface area (Å²) >= 11 is 0. The Morgan fingerprint density at radius 3 is 2.92 bits per heavy atom. The SMILES string of the molecule is COc1cc2nnn(C)c2cc1CNC1CCCN[C@H]1c1ccccc1. The summed E-state index contributed by atoms with van der Waals surface area (Å²) in [6.45, 7) is 1.81. The third-order valence-corrected chi connectivity index (χ3v) is 5.18. The second-order valence-electron chi connectivity index (χ2n) is 6.84. The third kappa shape index (κ3) is 3.30. The summed E-state index contributed by atoms with van der Waals surface area (Å²) in [7, 11) is 3.62. The smallest absolute Gasteiger partial charge is 0.125 e. The Hall–Kier alpha value is -2.44. The van der Waals surface area contributed by atoms with E-state index in [2.05, 4.69) is 57.3 Å². The highest BCUT2D eigenvalue weighted by molar-refractivity contribution is 5.77. The molecular formula is C20H25N5O. The van der Waals surface area contributed by atoms with Crippen LogP contribution < -0.4 is 15.4 Å². The molecule has 136 valence electrons. The summed E-state index contributed by atoms with van der Waals surface area (Å²) in [5.41, 5.74) is 4.34. The van der Waals surface area contributed by atoms with E-state index in [1.807, 2.05) is 13.1 Å². The van der Waals surface area contributed by atoms with Crippen molar-refractivity contribution in [2.75, 3.05) is 13.7 Å². The average molecular weight is 351 g/mol. The molecule has 6 nitrogen and oxygen atoms in total. The first-order valence-electron chi connectivity index (χ1n) is 9.14. The predicted octanol–water partition coefficient (Wildman–Crippen LogP) is 2.56. The number of aromatic nitrogens is 3. The van der Waals surface area contributed by atoms with Gasteiger partial charge in [0.05, 0.1) is 12.6 Å². The molecule has 4 rings (SSSR count). The Kier molecular flexibility index (Phi) is 4.86. The summed E-state index contributed by atoms with van der Waals surface area (Å²) in [4.78, 5) is 0. The molecule has 0 radical (unpaired) electrons. The molecule has 1 aromatic heterocycles. The van der Waals surface area contributed by atoms with Crippen molar-refractivity contribution in [2.45, 2.75) is 31.5 Å². The van der Waals surface area contributed by atoms with E-state index in [0.29, 0.717) is 12.1 Å². The molecule has 2 aromatic carbocycles. The van der Waals surface area contributed by atoms with Crippen LogP contribution in [0.4, 0.5) is 0 Å². The van der Waals surface area contributed by atoms with Crippen molar-refractivity contribution >= 4 is 11.0 Å². The molecule has 1 aliphatic rings. The standard InChI is InChI=1S/C20H25N5O/c1-25-18-11-15(19(26-2)12-17(18)23-24-25)13-22-16-9-6-10-21-20(16)14-7-4-3-5-8-14/h3-5,7-8,11-12,16,20-22H,6,9-10,13H2,1-2H3/t16?,20-/m0/s1. The van der Waals surface area contributed by atoms with Crippen molar-refractivity contribution in [3.05, 3.63) is 53.6 Å². The maximum atomic E-state index is 5.58. The molecule has 2 atom stereocenters. The molecule has 0 spiro atoms. The number of benzene rings is 2. The lowest BCUT2D eigenvalue weighted by atomic mass is 9.92. The molecular weight excluding hydrogens is 326 g/mol. The van der Waals surface area contributed by atoms with Crippen molar-refractivity contribution in [3.8, 4) is 5.75 Å². The Balaban J connectivity index is 1.55. The molecule has 0 aliphatic carbocycles. The first kappa shape index (κ1) is 17.0. The minimum atomic E-state index is 0.332. The summed E-state index contributed by atoms with van der Waals surface area (Å²) in [6.07, 6.45) is 2.34. The Morgan fingerprint density at radius 2 is 2.12 bits per heavy atom. The maximum Gasteiger partial charge on any atom is 0.125 e. The first-order chi connectivity index (χ1) is 12.8. The summed E-state index contributed by atoms with van der Waals surface area (Å²) in [5.74, 6) is 0.852. The minimum absolute atomic E-state index is 0.332. The fourth-order valence-corrected chi connectivity index (χ4v) is 3.79. The van der Waals surface area contributed by atoms with E-state index >= 15 is 0 Å². The fraction of sp³-hybridized carbons (Fsp3) is 0.400. The van der Waals surface area contributed by atoms with Gasteiger partial charge in [-0.1, -0.05) is 35.5 Å². The monoisotopic (exact) mass is 351 g/mol. The topological polar surface area (TPSA) is 64.0 Å². The number of piperidine rings is 1. The lowest BCUT2D eigenvalue weighted by Gasteiger charge is -2.34. The molecule has 2 N–H and O–H groups in total. The summed E-state index contributed by atoms with van der Waals surface area (Å²) < 4.78 is 7.38. The Labute approximate surface area is 153 Å². The quantitative estimate of drug-likeness (QED) is 0.740. The Bertz CT molecular complexity index is 877. The number of aryl methyl sites for hydroxylation is 1. The van der Waals surface area contributed by atoms with Gasteiger partial charge in [0.1, 0.15) is 11.3 Å². The van der Waals surface area contributed by atoms with Gasteiger partial charge in [0.15, 0.2) is 0 Å². The second kappa shape index (κ2) is 7.43. The van der Waals surface area contributed by atoms with Crippen LogP contribution in [-0.2, 0) is 13.6 Å². The van der Waals surface area contributed by atoms with Gasteiger partial charge >= 0.3 is 0 Å². The van der Waals surface area contributed by atoms with Crippen LogP contribution in [0.1, 0.15) is 30.0 Å². The van der Waals surface area contributed by atoms with Gasteiger partial charge in [0.2, 0.25) is 0 Å². The van der Waals surface area contributed by atoms with E-state index in [4.69, 9.17) is 4.74 Å². The molecule has 0 amide bonds. The summed E-state index contributed by atoms with van der Waals surface area (Å²) in [5, 5.41) is 15.7. The molecule has 1 unspecified atom stereocenters. The van der Waals surface area contributed by atoms with Gasteiger partial charge in [-0.15, -0.1) is 5.10 Å². The largest absolute Gasteiger partial charge is 0.496 e. The van der Waals surface area contributed by atoms with E-state index in [9.17, 15) is 0 Å². The minimum Gasteiger partial charge on any atom is -0.496 e. The van der Waals surface area contributed by atoms with Crippen molar-refractivity contribution in [3.63, 3.8) is 0 Å². The van der Waals surface area contributed by atoms with Crippen LogP contribution in [-0.4, -0.2) is 34.7 Å². The molecule has 1 fully saturated rings. The van der Waals surface area contributed by atoms with Crippen molar-refractivity contribution in [1.82, 2.24) is 25.6 Å². The number of nitrogens with zero attached hydrogens (tertiary/aromatic N) is 3. The first-order valence-corrected chi connectivity index (χ1v) is 9.14. The van der Waals surface area contributed by atoms with Gasteiger partial charge in [0.25, 0.3) is 0 Å². The predicted molar refractivity (Wildman–Crippen MR) is 102 cm³/mol. The molecule has 1 saturated heterocycles. The van der Waals surface area contributed by atoms with Crippen LogP contribution in [0, 0.1) is 0 Å². The van der Waals surface area contributed by atoms with Crippen LogP contribution in [0.15, 0.2) is 42.5 Å². The molecule has 0 bridgehead atoms.